The highest BCUT2D eigenvalue weighted by Crippen LogP contribution is 2.16. The molecule has 6 nitrogen and oxygen atoms in total. The average Bonchev–Trinajstić information content (AvgIpc) is 3.12. The predicted octanol–water partition coefficient (Wildman–Crippen LogP) is 2.52. The second-order valence-corrected chi connectivity index (χ2v) is 6.02. The lowest BCUT2D eigenvalue weighted by atomic mass is 10.1. The van der Waals surface area contributed by atoms with E-state index < -0.39 is 0 Å². The summed E-state index contributed by atoms with van der Waals surface area (Å²) in [5.74, 6) is 0.700. The van der Waals surface area contributed by atoms with Crippen LogP contribution in [0.3, 0.4) is 0 Å². The molecule has 0 radical (unpaired) electrons. The molecule has 1 amide bonds. The highest BCUT2D eigenvalue weighted by atomic mass is 16.5. The van der Waals surface area contributed by atoms with Crippen LogP contribution in [0, 0.1) is 0 Å². The Kier molecular flexibility index (Phi) is 5.15. The van der Waals surface area contributed by atoms with Crippen LogP contribution in [0.5, 0.6) is 5.75 Å². The number of carbonyl (C=O) groups excluding carboxylic acids is 1. The first kappa shape index (κ1) is 16.5. The van der Waals surface area contributed by atoms with Gasteiger partial charge in [0.05, 0.1) is 18.9 Å². The van der Waals surface area contributed by atoms with Gasteiger partial charge in [-0.05, 0) is 49.6 Å². The monoisotopic (exact) mass is 329 g/mol. The Balaban J connectivity index is 1.65. The summed E-state index contributed by atoms with van der Waals surface area (Å²) in [5.41, 5.74) is 1.32. The van der Waals surface area contributed by atoms with E-state index in [1.54, 1.807) is 36.0 Å². The zero-order chi connectivity index (χ0) is 16.9. The number of hydrogen-bond donors (Lipinski definition) is 0. The normalized spacial score (nSPS) is 17.5. The van der Waals surface area contributed by atoms with Crippen LogP contribution in [0.25, 0.3) is 5.69 Å². The topological polar surface area (TPSA) is 56.6 Å². The molecule has 128 valence electrons. The number of aromatic nitrogens is 2. The standard InChI is InChI=1S/C18H23N3O3/c1-20(13-16-5-3-4-12-24-16)18(22)17-10-11-21(19-17)14-6-8-15(23-2)9-7-14/h6-11,16H,3-5,12-13H2,1-2H3. The summed E-state index contributed by atoms with van der Waals surface area (Å²) >= 11 is 0. The van der Waals surface area contributed by atoms with Crippen molar-refractivity contribution in [1.82, 2.24) is 14.7 Å². The smallest absolute Gasteiger partial charge is 0.274 e. The Bertz CT molecular complexity index is 675. The number of amides is 1. The maximum absolute atomic E-state index is 12.5. The number of methoxy groups -OCH3 is 1. The van der Waals surface area contributed by atoms with Crippen molar-refractivity contribution in [2.75, 3.05) is 27.3 Å². The summed E-state index contributed by atoms with van der Waals surface area (Å²) < 4.78 is 12.5. The summed E-state index contributed by atoms with van der Waals surface area (Å²) in [6.45, 7) is 1.40. The molecule has 0 spiro atoms. The van der Waals surface area contributed by atoms with Crippen molar-refractivity contribution in [1.29, 1.82) is 0 Å². The fourth-order valence-corrected chi connectivity index (χ4v) is 2.85. The van der Waals surface area contributed by atoms with Crippen LogP contribution in [0.15, 0.2) is 36.5 Å². The fraction of sp³-hybridized carbons (Fsp3) is 0.444. The van der Waals surface area contributed by atoms with Crippen molar-refractivity contribution in [3.8, 4) is 11.4 Å². The summed E-state index contributed by atoms with van der Waals surface area (Å²) in [4.78, 5) is 14.2. The van der Waals surface area contributed by atoms with Crippen molar-refractivity contribution < 1.29 is 14.3 Å². The van der Waals surface area contributed by atoms with E-state index in [0.717, 1.165) is 30.9 Å². The van der Waals surface area contributed by atoms with E-state index in [0.29, 0.717) is 12.2 Å². The largest absolute Gasteiger partial charge is 0.497 e. The zero-order valence-electron chi connectivity index (χ0n) is 14.1. The molecule has 1 aliphatic heterocycles. The Morgan fingerprint density at radius 2 is 2.12 bits per heavy atom. The number of ether oxygens (including phenoxy) is 2. The Morgan fingerprint density at radius 3 is 2.79 bits per heavy atom. The molecule has 1 fully saturated rings. The first-order valence-electron chi connectivity index (χ1n) is 8.24. The maximum Gasteiger partial charge on any atom is 0.274 e. The molecule has 2 heterocycles. The highest BCUT2D eigenvalue weighted by Gasteiger charge is 2.21. The molecular formula is C18H23N3O3. The molecular weight excluding hydrogens is 306 g/mol. The van der Waals surface area contributed by atoms with Crippen LogP contribution in [-0.2, 0) is 4.74 Å². The summed E-state index contributed by atoms with van der Waals surface area (Å²) in [6.07, 6.45) is 5.22. The number of rotatable bonds is 5. The average molecular weight is 329 g/mol. The van der Waals surface area contributed by atoms with Gasteiger partial charge in [-0.15, -0.1) is 0 Å². The quantitative estimate of drug-likeness (QED) is 0.846. The van der Waals surface area contributed by atoms with Gasteiger partial charge in [0.2, 0.25) is 0 Å². The highest BCUT2D eigenvalue weighted by molar-refractivity contribution is 5.92. The molecule has 2 aromatic rings. The first-order valence-corrected chi connectivity index (χ1v) is 8.24. The van der Waals surface area contributed by atoms with Crippen LogP contribution in [-0.4, -0.2) is 54.0 Å². The first-order chi connectivity index (χ1) is 11.7. The lowest BCUT2D eigenvalue weighted by Gasteiger charge is -2.27. The van der Waals surface area contributed by atoms with E-state index in [2.05, 4.69) is 5.10 Å². The van der Waals surface area contributed by atoms with Crippen LogP contribution in [0.2, 0.25) is 0 Å². The third-order valence-corrected chi connectivity index (χ3v) is 4.24. The molecule has 1 unspecified atom stereocenters. The van der Waals surface area contributed by atoms with Crippen LogP contribution in [0.4, 0.5) is 0 Å². The van der Waals surface area contributed by atoms with Gasteiger partial charge in [-0.1, -0.05) is 0 Å². The van der Waals surface area contributed by atoms with Crippen molar-refractivity contribution >= 4 is 5.91 Å². The molecule has 0 saturated carbocycles. The van der Waals surface area contributed by atoms with Gasteiger partial charge in [-0.3, -0.25) is 4.79 Å². The Morgan fingerprint density at radius 1 is 1.33 bits per heavy atom. The SMILES string of the molecule is COc1ccc(-n2ccc(C(=O)N(C)CC3CCCCO3)n2)cc1. The molecule has 1 aromatic heterocycles. The van der Waals surface area contributed by atoms with Crippen LogP contribution < -0.4 is 4.74 Å². The van der Waals surface area contributed by atoms with Gasteiger partial charge in [0.15, 0.2) is 5.69 Å². The van der Waals surface area contributed by atoms with E-state index in [1.807, 2.05) is 24.3 Å². The van der Waals surface area contributed by atoms with Crippen molar-refractivity contribution in [2.24, 2.45) is 0 Å². The van der Waals surface area contributed by atoms with Gasteiger partial charge in [-0.2, -0.15) is 5.10 Å². The molecule has 0 aliphatic carbocycles. The van der Waals surface area contributed by atoms with Gasteiger partial charge in [0, 0.05) is 26.4 Å². The molecule has 1 aromatic carbocycles. The van der Waals surface area contributed by atoms with Gasteiger partial charge in [-0.25, -0.2) is 4.68 Å². The molecule has 3 rings (SSSR count). The molecule has 0 bridgehead atoms. The molecule has 0 N–H and O–H groups in total. The third-order valence-electron chi connectivity index (χ3n) is 4.24. The number of carbonyl (C=O) groups is 1. The predicted molar refractivity (Wildman–Crippen MR) is 90.7 cm³/mol. The second-order valence-electron chi connectivity index (χ2n) is 6.02. The second kappa shape index (κ2) is 7.49. The summed E-state index contributed by atoms with van der Waals surface area (Å²) in [5, 5.41) is 4.39. The third kappa shape index (κ3) is 3.76. The van der Waals surface area contributed by atoms with Gasteiger partial charge in [0.25, 0.3) is 5.91 Å². The van der Waals surface area contributed by atoms with Gasteiger partial charge >= 0.3 is 0 Å². The number of hydrogen-bond acceptors (Lipinski definition) is 4. The fourth-order valence-electron chi connectivity index (χ4n) is 2.85. The van der Waals surface area contributed by atoms with Gasteiger partial charge < -0.3 is 14.4 Å². The van der Waals surface area contributed by atoms with Crippen molar-refractivity contribution in [3.05, 3.63) is 42.2 Å². The minimum absolute atomic E-state index is 0.0866. The van der Waals surface area contributed by atoms with E-state index >= 15 is 0 Å². The van der Waals surface area contributed by atoms with E-state index in [1.165, 1.54) is 6.42 Å². The van der Waals surface area contributed by atoms with Crippen LogP contribution in [0.1, 0.15) is 29.8 Å². The minimum atomic E-state index is -0.0866. The van der Waals surface area contributed by atoms with Crippen molar-refractivity contribution in [2.45, 2.75) is 25.4 Å². The molecule has 6 heteroatoms. The zero-order valence-corrected chi connectivity index (χ0v) is 14.1. The molecule has 1 atom stereocenters. The lowest BCUT2D eigenvalue weighted by Crippen LogP contribution is -2.37. The van der Waals surface area contributed by atoms with Crippen molar-refractivity contribution in [3.63, 3.8) is 0 Å². The Labute approximate surface area is 142 Å². The van der Waals surface area contributed by atoms with E-state index in [4.69, 9.17) is 9.47 Å². The number of likely N-dealkylation sites (N-methyl/N-ethyl adjacent to an activating group) is 1. The summed E-state index contributed by atoms with van der Waals surface area (Å²) in [7, 11) is 3.43. The molecule has 1 aliphatic rings. The molecule has 1 saturated heterocycles. The van der Waals surface area contributed by atoms with Crippen LogP contribution >= 0.6 is 0 Å². The lowest BCUT2D eigenvalue weighted by molar-refractivity contribution is -0.000297. The van der Waals surface area contributed by atoms with E-state index in [-0.39, 0.29) is 12.0 Å². The summed E-state index contributed by atoms with van der Waals surface area (Å²) in [6, 6.07) is 9.28. The number of benzene rings is 1. The minimum Gasteiger partial charge on any atom is -0.497 e. The van der Waals surface area contributed by atoms with Gasteiger partial charge in [0.1, 0.15) is 5.75 Å². The molecule has 24 heavy (non-hydrogen) atoms. The number of nitrogens with zero attached hydrogens (tertiary/aromatic N) is 3. The Hall–Kier alpha value is -2.34. The van der Waals surface area contributed by atoms with E-state index in [9.17, 15) is 4.79 Å². The maximum atomic E-state index is 12.5.